The van der Waals surface area contributed by atoms with Gasteiger partial charge in [0.05, 0.1) is 22.6 Å². The molecule has 0 radical (unpaired) electrons. The summed E-state index contributed by atoms with van der Waals surface area (Å²) >= 11 is 0. The van der Waals surface area contributed by atoms with E-state index >= 15 is 0 Å². The molecule has 0 aliphatic rings. The van der Waals surface area contributed by atoms with Gasteiger partial charge >= 0.3 is 0 Å². The van der Waals surface area contributed by atoms with Crippen molar-refractivity contribution < 1.29 is 21.3 Å². The summed E-state index contributed by atoms with van der Waals surface area (Å²) in [6.45, 7) is 0.0309. The van der Waals surface area contributed by atoms with E-state index in [0.29, 0.717) is 5.76 Å². The summed E-state index contributed by atoms with van der Waals surface area (Å²) in [6.07, 6.45) is 2.51. The second-order valence-electron chi connectivity index (χ2n) is 4.15. The molecule has 0 spiro atoms. The van der Waals surface area contributed by atoms with Gasteiger partial charge < -0.3 is 4.42 Å². The molecule has 0 fully saturated rings. The van der Waals surface area contributed by atoms with Crippen molar-refractivity contribution in [1.82, 2.24) is 4.72 Å². The van der Waals surface area contributed by atoms with Crippen LogP contribution in [0.5, 0.6) is 0 Å². The van der Waals surface area contributed by atoms with Crippen molar-refractivity contribution in [2.75, 3.05) is 6.26 Å². The van der Waals surface area contributed by atoms with E-state index in [-0.39, 0.29) is 16.3 Å². The first kappa shape index (κ1) is 14.8. The molecule has 2 aromatic rings. The number of benzene rings is 1. The predicted octanol–water partition coefficient (Wildman–Crippen LogP) is 1.16. The maximum absolute atomic E-state index is 12.0. The zero-order valence-electron chi connectivity index (χ0n) is 10.6. The third-order valence-electron chi connectivity index (χ3n) is 2.58. The summed E-state index contributed by atoms with van der Waals surface area (Å²) in [7, 11) is -7.05. The highest BCUT2D eigenvalue weighted by molar-refractivity contribution is 7.90. The van der Waals surface area contributed by atoms with Crippen molar-refractivity contribution in [2.45, 2.75) is 16.3 Å². The zero-order chi connectivity index (χ0) is 14.8. The minimum atomic E-state index is -3.70. The number of sulfone groups is 1. The van der Waals surface area contributed by atoms with Gasteiger partial charge in [0.1, 0.15) is 5.76 Å². The first-order valence-electron chi connectivity index (χ1n) is 5.61. The van der Waals surface area contributed by atoms with Crippen LogP contribution in [0.1, 0.15) is 5.76 Å². The van der Waals surface area contributed by atoms with Crippen LogP contribution in [0, 0.1) is 0 Å². The molecule has 0 atom stereocenters. The van der Waals surface area contributed by atoms with Crippen molar-refractivity contribution in [1.29, 1.82) is 0 Å². The molecule has 0 saturated heterocycles. The van der Waals surface area contributed by atoms with E-state index in [4.69, 9.17) is 4.42 Å². The molecule has 1 aromatic carbocycles. The molecule has 0 saturated carbocycles. The molecule has 2 rings (SSSR count). The van der Waals surface area contributed by atoms with Crippen LogP contribution in [0.4, 0.5) is 0 Å². The van der Waals surface area contributed by atoms with Gasteiger partial charge in [0.15, 0.2) is 9.84 Å². The monoisotopic (exact) mass is 315 g/mol. The van der Waals surface area contributed by atoms with Gasteiger partial charge in [-0.25, -0.2) is 21.6 Å². The Morgan fingerprint density at radius 3 is 2.10 bits per heavy atom. The highest BCUT2D eigenvalue weighted by Crippen LogP contribution is 2.14. The smallest absolute Gasteiger partial charge is 0.240 e. The average molecular weight is 315 g/mol. The molecule has 0 aliphatic carbocycles. The minimum absolute atomic E-state index is 0.00328. The topological polar surface area (TPSA) is 93.5 Å². The quantitative estimate of drug-likeness (QED) is 0.893. The van der Waals surface area contributed by atoms with Crippen LogP contribution >= 0.6 is 0 Å². The van der Waals surface area contributed by atoms with Gasteiger partial charge in [-0.2, -0.15) is 0 Å². The fourth-order valence-electron chi connectivity index (χ4n) is 1.53. The van der Waals surface area contributed by atoms with Crippen LogP contribution in [0.25, 0.3) is 0 Å². The molecule has 20 heavy (non-hydrogen) atoms. The van der Waals surface area contributed by atoms with Crippen LogP contribution < -0.4 is 4.72 Å². The van der Waals surface area contributed by atoms with Gasteiger partial charge in [-0.1, -0.05) is 0 Å². The molecule has 0 bridgehead atoms. The summed E-state index contributed by atoms with van der Waals surface area (Å²) in [5.74, 6) is 0.487. The largest absolute Gasteiger partial charge is 0.468 e. The molecular weight excluding hydrogens is 302 g/mol. The van der Waals surface area contributed by atoms with Crippen molar-refractivity contribution >= 4 is 19.9 Å². The number of furan rings is 1. The zero-order valence-corrected chi connectivity index (χ0v) is 12.2. The van der Waals surface area contributed by atoms with Gasteiger partial charge in [-0.15, -0.1) is 0 Å². The van der Waals surface area contributed by atoms with Gasteiger partial charge in [-0.3, -0.25) is 0 Å². The van der Waals surface area contributed by atoms with E-state index in [9.17, 15) is 16.8 Å². The predicted molar refractivity (Wildman–Crippen MR) is 72.3 cm³/mol. The molecule has 0 aliphatic heterocycles. The van der Waals surface area contributed by atoms with E-state index in [1.165, 1.54) is 30.5 Å². The van der Waals surface area contributed by atoms with Crippen molar-refractivity contribution in [3.05, 3.63) is 48.4 Å². The van der Waals surface area contributed by atoms with Crippen molar-refractivity contribution in [2.24, 2.45) is 0 Å². The van der Waals surface area contributed by atoms with Gasteiger partial charge in [0.25, 0.3) is 0 Å². The summed E-state index contributed by atoms with van der Waals surface area (Å²) in [5.41, 5.74) is 0. The molecule has 0 unspecified atom stereocenters. The van der Waals surface area contributed by atoms with Crippen LogP contribution in [0.15, 0.2) is 56.9 Å². The Balaban J connectivity index is 2.17. The summed E-state index contributed by atoms with van der Waals surface area (Å²) < 4.78 is 54.0. The second kappa shape index (κ2) is 5.39. The average Bonchev–Trinajstić information content (AvgIpc) is 2.89. The van der Waals surface area contributed by atoms with Crippen molar-refractivity contribution in [3.8, 4) is 0 Å². The van der Waals surface area contributed by atoms with E-state index in [1.54, 1.807) is 12.1 Å². The Morgan fingerprint density at radius 2 is 1.60 bits per heavy atom. The molecular formula is C12H13NO5S2. The van der Waals surface area contributed by atoms with Crippen LogP contribution in [0.2, 0.25) is 0 Å². The summed E-state index contributed by atoms with van der Waals surface area (Å²) in [5, 5.41) is 0. The molecule has 6 nitrogen and oxygen atoms in total. The van der Waals surface area contributed by atoms with E-state index in [2.05, 4.69) is 4.72 Å². The van der Waals surface area contributed by atoms with Crippen LogP contribution in [0.3, 0.4) is 0 Å². The van der Waals surface area contributed by atoms with Crippen molar-refractivity contribution in [3.63, 3.8) is 0 Å². The van der Waals surface area contributed by atoms with Gasteiger partial charge in [0, 0.05) is 6.26 Å². The lowest BCUT2D eigenvalue weighted by Crippen LogP contribution is -2.23. The highest BCUT2D eigenvalue weighted by atomic mass is 32.2. The molecule has 1 heterocycles. The molecule has 0 amide bonds. The SMILES string of the molecule is CS(=O)(=O)c1ccc(S(=O)(=O)NCc2ccco2)cc1. The number of rotatable bonds is 5. The molecule has 8 heteroatoms. The maximum atomic E-state index is 12.0. The lowest BCUT2D eigenvalue weighted by Gasteiger charge is -2.06. The number of sulfonamides is 1. The van der Waals surface area contributed by atoms with Crippen LogP contribution in [-0.2, 0) is 26.4 Å². The molecule has 1 aromatic heterocycles. The summed E-state index contributed by atoms with van der Waals surface area (Å²) in [4.78, 5) is 0.0685. The third kappa shape index (κ3) is 3.47. The fourth-order valence-corrected chi connectivity index (χ4v) is 3.15. The Kier molecular flexibility index (Phi) is 3.98. The van der Waals surface area contributed by atoms with E-state index < -0.39 is 19.9 Å². The van der Waals surface area contributed by atoms with Crippen LogP contribution in [-0.4, -0.2) is 23.1 Å². The van der Waals surface area contributed by atoms with Gasteiger partial charge in [0.2, 0.25) is 10.0 Å². The maximum Gasteiger partial charge on any atom is 0.240 e. The fraction of sp³-hybridized carbons (Fsp3) is 0.167. The Morgan fingerprint density at radius 1 is 1.00 bits per heavy atom. The lowest BCUT2D eigenvalue weighted by atomic mass is 10.4. The Bertz CT molecular complexity index is 775. The molecule has 108 valence electrons. The number of hydrogen-bond acceptors (Lipinski definition) is 5. The second-order valence-corrected chi connectivity index (χ2v) is 7.93. The normalized spacial score (nSPS) is 12.4. The third-order valence-corrected chi connectivity index (χ3v) is 5.12. The highest BCUT2D eigenvalue weighted by Gasteiger charge is 2.15. The standard InChI is InChI=1S/C12H13NO5S2/c1-19(14,15)11-4-6-12(7-5-11)20(16,17)13-9-10-3-2-8-18-10/h2-8,13H,9H2,1H3. The first-order valence-corrected chi connectivity index (χ1v) is 8.99. The van der Waals surface area contributed by atoms with E-state index in [1.807, 2.05) is 0 Å². The van der Waals surface area contributed by atoms with Gasteiger partial charge in [-0.05, 0) is 36.4 Å². The molecule has 1 N–H and O–H groups in total. The lowest BCUT2D eigenvalue weighted by molar-refractivity contribution is 0.498. The summed E-state index contributed by atoms with van der Waals surface area (Å²) in [6, 6.07) is 8.33. The van der Waals surface area contributed by atoms with E-state index in [0.717, 1.165) is 6.26 Å². The number of nitrogens with one attached hydrogen (secondary N) is 1. The number of hydrogen-bond donors (Lipinski definition) is 1. The Hall–Kier alpha value is -1.64. The first-order chi connectivity index (χ1) is 9.29. The Labute approximate surface area is 117 Å². The minimum Gasteiger partial charge on any atom is -0.468 e.